The van der Waals surface area contributed by atoms with Gasteiger partial charge in [-0.3, -0.25) is 4.79 Å². The summed E-state index contributed by atoms with van der Waals surface area (Å²) < 4.78 is 0. The van der Waals surface area contributed by atoms with Crippen LogP contribution in [-0.2, 0) is 17.0 Å². The third kappa shape index (κ3) is 5.73. The molecule has 25 heavy (non-hydrogen) atoms. The van der Waals surface area contributed by atoms with Crippen molar-refractivity contribution in [1.82, 2.24) is 10.3 Å². The van der Waals surface area contributed by atoms with Crippen LogP contribution in [0.25, 0.3) is 10.6 Å². The van der Waals surface area contributed by atoms with E-state index in [-0.39, 0.29) is 5.91 Å². The number of thiazole rings is 1. The molecule has 0 bridgehead atoms. The molecule has 0 aliphatic heterocycles. The summed E-state index contributed by atoms with van der Waals surface area (Å²) in [5.41, 5.74) is 3.42. The molecule has 2 aromatic carbocycles. The van der Waals surface area contributed by atoms with Crippen LogP contribution in [0.2, 0.25) is 0 Å². The maximum absolute atomic E-state index is 11.9. The van der Waals surface area contributed by atoms with E-state index in [1.807, 2.05) is 36.4 Å². The van der Waals surface area contributed by atoms with Gasteiger partial charge in [0.25, 0.3) is 0 Å². The van der Waals surface area contributed by atoms with E-state index in [1.165, 1.54) is 5.56 Å². The first kappa shape index (κ1) is 17.7. The van der Waals surface area contributed by atoms with Gasteiger partial charge in [-0.2, -0.15) is 0 Å². The Balaban J connectivity index is 1.36. The van der Waals surface area contributed by atoms with Crippen LogP contribution < -0.4 is 5.32 Å². The van der Waals surface area contributed by atoms with Crippen molar-refractivity contribution in [3.63, 3.8) is 0 Å². The molecule has 0 saturated carbocycles. The van der Waals surface area contributed by atoms with Gasteiger partial charge in [-0.25, -0.2) is 4.98 Å². The molecule has 0 unspecified atom stereocenters. The summed E-state index contributed by atoms with van der Waals surface area (Å²) in [5.74, 6) is 1.31. The number of amides is 1. The maximum atomic E-state index is 11.9. The highest BCUT2D eigenvalue weighted by Crippen LogP contribution is 2.25. The number of carbonyl (C=O) groups is 1. The Kier molecular flexibility index (Phi) is 6.65. The molecule has 3 nitrogen and oxygen atoms in total. The topological polar surface area (TPSA) is 42.0 Å². The third-order valence-electron chi connectivity index (χ3n) is 3.63. The molecule has 0 fully saturated rings. The molecular weight excluding hydrogens is 348 g/mol. The van der Waals surface area contributed by atoms with Gasteiger partial charge in [0.2, 0.25) is 5.91 Å². The molecule has 5 heteroatoms. The molecule has 0 radical (unpaired) electrons. The average Bonchev–Trinajstić information content (AvgIpc) is 3.12. The van der Waals surface area contributed by atoms with Gasteiger partial charge in [0.15, 0.2) is 0 Å². The Morgan fingerprint density at radius 1 is 1.04 bits per heavy atom. The van der Waals surface area contributed by atoms with Crippen molar-refractivity contribution >= 4 is 29.0 Å². The highest BCUT2D eigenvalue weighted by molar-refractivity contribution is 7.99. The SMILES string of the molecule is O=C(CSCc1csc(-c2ccccc2)n1)NCCc1ccccc1. The molecule has 1 aromatic heterocycles. The minimum Gasteiger partial charge on any atom is -0.355 e. The predicted octanol–water partition coefficient (Wildman–Crippen LogP) is 4.40. The number of carbonyl (C=O) groups excluding carboxylic acids is 1. The second-order valence-corrected chi connectivity index (χ2v) is 7.43. The first-order chi connectivity index (χ1) is 12.3. The molecule has 0 aliphatic rings. The number of benzene rings is 2. The van der Waals surface area contributed by atoms with Crippen molar-refractivity contribution in [3.8, 4) is 10.6 Å². The monoisotopic (exact) mass is 368 g/mol. The fraction of sp³-hybridized carbons (Fsp3) is 0.200. The van der Waals surface area contributed by atoms with E-state index < -0.39 is 0 Å². The Morgan fingerprint density at radius 2 is 1.76 bits per heavy atom. The third-order valence-corrected chi connectivity index (χ3v) is 5.54. The predicted molar refractivity (Wildman–Crippen MR) is 107 cm³/mol. The van der Waals surface area contributed by atoms with Crippen LogP contribution in [0.3, 0.4) is 0 Å². The minimum atomic E-state index is 0.0828. The van der Waals surface area contributed by atoms with Crippen molar-refractivity contribution in [2.45, 2.75) is 12.2 Å². The van der Waals surface area contributed by atoms with E-state index in [0.29, 0.717) is 12.3 Å². The molecule has 0 saturated heterocycles. The molecule has 0 spiro atoms. The summed E-state index contributed by atoms with van der Waals surface area (Å²) in [5, 5.41) is 6.07. The number of rotatable bonds is 8. The van der Waals surface area contributed by atoms with Crippen LogP contribution in [0.4, 0.5) is 0 Å². The van der Waals surface area contributed by atoms with E-state index in [0.717, 1.165) is 28.4 Å². The summed E-state index contributed by atoms with van der Waals surface area (Å²) in [7, 11) is 0. The van der Waals surface area contributed by atoms with Crippen molar-refractivity contribution < 1.29 is 4.79 Å². The Labute approximate surface area is 156 Å². The molecule has 1 heterocycles. The van der Waals surface area contributed by atoms with Gasteiger partial charge in [-0.15, -0.1) is 23.1 Å². The van der Waals surface area contributed by atoms with Crippen LogP contribution >= 0.6 is 23.1 Å². The lowest BCUT2D eigenvalue weighted by Gasteiger charge is -2.05. The summed E-state index contributed by atoms with van der Waals surface area (Å²) in [4.78, 5) is 16.5. The zero-order valence-electron chi connectivity index (χ0n) is 13.9. The zero-order chi connectivity index (χ0) is 17.3. The van der Waals surface area contributed by atoms with Gasteiger partial charge in [0, 0.05) is 23.2 Å². The Hall–Kier alpha value is -2.11. The minimum absolute atomic E-state index is 0.0828. The smallest absolute Gasteiger partial charge is 0.230 e. The number of hydrogen-bond acceptors (Lipinski definition) is 4. The second kappa shape index (κ2) is 9.39. The number of thioether (sulfide) groups is 1. The van der Waals surface area contributed by atoms with E-state index in [9.17, 15) is 4.79 Å². The van der Waals surface area contributed by atoms with Crippen molar-refractivity contribution in [1.29, 1.82) is 0 Å². The summed E-state index contributed by atoms with van der Waals surface area (Å²) in [6.07, 6.45) is 0.865. The van der Waals surface area contributed by atoms with Crippen LogP contribution in [-0.4, -0.2) is 23.2 Å². The highest BCUT2D eigenvalue weighted by Gasteiger charge is 2.06. The molecule has 128 valence electrons. The summed E-state index contributed by atoms with van der Waals surface area (Å²) in [6, 6.07) is 20.4. The first-order valence-electron chi connectivity index (χ1n) is 8.19. The summed E-state index contributed by atoms with van der Waals surface area (Å²) >= 11 is 3.25. The first-order valence-corrected chi connectivity index (χ1v) is 10.2. The Morgan fingerprint density at radius 3 is 2.52 bits per heavy atom. The van der Waals surface area contributed by atoms with E-state index in [1.54, 1.807) is 23.1 Å². The number of aromatic nitrogens is 1. The van der Waals surface area contributed by atoms with Crippen molar-refractivity contribution in [2.75, 3.05) is 12.3 Å². The largest absolute Gasteiger partial charge is 0.355 e. The molecule has 3 rings (SSSR count). The van der Waals surface area contributed by atoms with Gasteiger partial charge >= 0.3 is 0 Å². The van der Waals surface area contributed by atoms with Crippen molar-refractivity contribution in [2.24, 2.45) is 0 Å². The quantitative estimate of drug-likeness (QED) is 0.641. The molecule has 3 aromatic rings. The molecule has 0 aliphatic carbocycles. The van der Waals surface area contributed by atoms with Gasteiger partial charge in [0.1, 0.15) is 5.01 Å². The van der Waals surface area contributed by atoms with E-state index >= 15 is 0 Å². The summed E-state index contributed by atoms with van der Waals surface area (Å²) in [6.45, 7) is 0.679. The second-order valence-electron chi connectivity index (χ2n) is 5.59. The fourth-order valence-electron chi connectivity index (χ4n) is 2.38. The van der Waals surface area contributed by atoms with Gasteiger partial charge < -0.3 is 5.32 Å². The molecule has 1 N–H and O–H groups in total. The lowest BCUT2D eigenvalue weighted by Crippen LogP contribution is -2.27. The zero-order valence-corrected chi connectivity index (χ0v) is 15.5. The lowest BCUT2D eigenvalue weighted by molar-refractivity contribution is -0.118. The van der Waals surface area contributed by atoms with Crippen LogP contribution in [0.1, 0.15) is 11.3 Å². The van der Waals surface area contributed by atoms with E-state index in [4.69, 9.17) is 0 Å². The van der Waals surface area contributed by atoms with Gasteiger partial charge in [-0.05, 0) is 12.0 Å². The van der Waals surface area contributed by atoms with Gasteiger partial charge in [-0.1, -0.05) is 60.7 Å². The fourth-order valence-corrected chi connectivity index (χ4v) is 4.05. The maximum Gasteiger partial charge on any atom is 0.230 e. The average molecular weight is 369 g/mol. The lowest BCUT2D eigenvalue weighted by atomic mass is 10.1. The van der Waals surface area contributed by atoms with Crippen LogP contribution in [0, 0.1) is 0 Å². The normalized spacial score (nSPS) is 10.6. The highest BCUT2D eigenvalue weighted by atomic mass is 32.2. The standard InChI is InChI=1S/C20H20N2OS2/c23-19(21-12-11-16-7-3-1-4-8-16)15-24-13-18-14-25-20(22-18)17-9-5-2-6-10-17/h1-10,14H,11-13,15H2,(H,21,23). The van der Waals surface area contributed by atoms with Crippen LogP contribution in [0.15, 0.2) is 66.0 Å². The number of nitrogens with zero attached hydrogens (tertiary/aromatic N) is 1. The van der Waals surface area contributed by atoms with Crippen molar-refractivity contribution in [3.05, 3.63) is 77.3 Å². The Bertz CT molecular complexity index is 788. The number of hydrogen-bond donors (Lipinski definition) is 1. The molecular formula is C20H20N2OS2. The van der Waals surface area contributed by atoms with E-state index in [2.05, 4.69) is 39.9 Å². The number of nitrogens with one attached hydrogen (secondary N) is 1. The van der Waals surface area contributed by atoms with Crippen LogP contribution in [0.5, 0.6) is 0 Å². The van der Waals surface area contributed by atoms with Gasteiger partial charge in [0.05, 0.1) is 11.4 Å². The molecule has 1 amide bonds. The molecule has 0 atom stereocenters.